The third-order valence-corrected chi connectivity index (χ3v) is 3.24. The van der Waals surface area contributed by atoms with E-state index in [-0.39, 0.29) is 0 Å². The molecule has 0 unspecified atom stereocenters. The van der Waals surface area contributed by atoms with Crippen LogP contribution in [0.15, 0.2) is 24.4 Å². The van der Waals surface area contributed by atoms with Crippen LogP contribution in [0.1, 0.15) is 25.3 Å². The Balaban J connectivity index is 2.01. The van der Waals surface area contributed by atoms with Gasteiger partial charge in [-0.25, -0.2) is 0 Å². The summed E-state index contributed by atoms with van der Waals surface area (Å²) in [6, 6.07) is 6.68. The Morgan fingerprint density at radius 3 is 3.00 bits per heavy atom. The van der Waals surface area contributed by atoms with Crippen LogP contribution >= 0.6 is 0 Å². The van der Waals surface area contributed by atoms with Gasteiger partial charge in [0.25, 0.3) is 0 Å². The molecular formula is C13H16N2. The van der Waals surface area contributed by atoms with Gasteiger partial charge in [-0.1, -0.05) is 13.0 Å². The van der Waals surface area contributed by atoms with Crippen molar-refractivity contribution in [3.8, 4) is 0 Å². The molecule has 1 aromatic carbocycles. The van der Waals surface area contributed by atoms with Gasteiger partial charge in [-0.3, -0.25) is 4.68 Å². The van der Waals surface area contributed by atoms with Gasteiger partial charge in [-0.15, -0.1) is 0 Å². The maximum Gasteiger partial charge on any atom is 0.0682 e. The Labute approximate surface area is 89.9 Å². The lowest BCUT2D eigenvalue weighted by molar-refractivity contribution is 0.580. The molecule has 0 aliphatic heterocycles. The van der Waals surface area contributed by atoms with E-state index in [4.69, 9.17) is 0 Å². The summed E-state index contributed by atoms with van der Waals surface area (Å²) in [7, 11) is 0. The van der Waals surface area contributed by atoms with Crippen molar-refractivity contribution in [3.05, 3.63) is 30.0 Å². The van der Waals surface area contributed by atoms with Crippen molar-refractivity contribution in [2.45, 2.75) is 32.7 Å². The van der Waals surface area contributed by atoms with Gasteiger partial charge in [0.1, 0.15) is 0 Å². The van der Waals surface area contributed by atoms with Gasteiger partial charge in [-0.2, -0.15) is 5.10 Å². The smallest absolute Gasteiger partial charge is 0.0682 e. The van der Waals surface area contributed by atoms with Crippen molar-refractivity contribution in [3.63, 3.8) is 0 Å². The summed E-state index contributed by atoms with van der Waals surface area (Å²) in [5.41, 5.74) is 2.69. The van der Waals surface area contributed by atoms with Crippen molar-refractivity contribution in [2.24, 2.45) is 5.92 Å². The second kappa shape index (κ2) is 3.37. The van der Waals surface area contributed by atoms with Crippen LogP contribution in [0.5, 0.6) is 0 Å². The van der Waals surface area contributed by atoms with Crippen molar-refractivity contribution in [1.82, 2.24) is 9.78 Å². The minimum Gasteiger partial charge on any atom is -0.265 e. The zero-order chi connectivity index (χ0) is 10.3. The topological polar surface area (TPSA) is 17.8 Å². The van der Waals surface area contributed by atoms with Gasteiger partial charge in [0.05, 0.1) is 11.7 Å². The first-order valence-electron chi connectivity index (χ1n) is 5.81. The average Bonchev–Trinajstić information content (AvgIpc) is 2.99. The van der Waals surface area contributed by atoms with Crippen LogP contribution in [0, 0.1) is 5.92 Å². The Hall–Kier alpha value is -1.31. The van der Waals surface area contributed by atoms with Crippen molar-refractivity contribution < 1.29 is 0 Å². The van der Waals surface area contributed by atoms with E-state index < -0.39 is 0 Å². The number of rotatable bonds is 3. The number of fused-ring (bicyclic) bond motifs is 1. The summed E-state index contributed by atoms with van der Waals surface area (Å²) in [5, 5.41) is 5.75. The van der Waals surface area contributed by atoms with Gasteiger partial charge in [0, 0.05) is 11.9 Å². The van der Waals surface area contributed by atoms with Crippen molar-refractivity contribution in [2.75, 3.05) is 0 Å². The Morgan fingerprint density at radius 2 is 2.27 bits per heavy atom. The molecule has 1 aliphatic rings. The Kier molecular flexibility index (Phi) is 2.01. The SMILES string of the molecule is CCc1ccc2c(cnn2CC2CC2)c1. The fourth-order valence-electron chi connectivity index (χ4n) is 2.05. The van der Waals surface area contributed by atoms with Gasteiger partial charge in [-0.05, 0) is 42.9 Å². The highest BCUT2D eigenvalue weighted by molar-refractivity contribution is 5.79. The number of benzene rings is 1. The highest BCUT2D eigenvalue weighted by atomic mass is 15.3. The van der Waals surface area contributed by atoms with Crippen LogP contribution < -0.4 is 0 Å². The molecule has 1 heterocycles. The van der Waals surface area contributed by atoms with E-state index in [2.05, 4.69) is 34.9 Å². The lowest BCUT2D eigenvalue weighted by Crippen LogP contribution is -2.00. The summed E-state index contributed by atoms with van der Waals surface area (Å²) in [4.78, 5) is 0. The van der Waals surface area contributed by atoms with Gasteiger partial charge in [0.2, 0.25) is 0 Å². The van der Waals surface area contributed by atoms with E-state index >= 15 is 0 Å². The lowest BCUT2D eigenvalue weighted by atomic mass is 10.1. The van der Waals surface area contributed by atoms with Crippen LogP contribution in [0.25, 0.3) is 10.9 Å². The van der Waals surface area contributed by atoms with E-state index in [0.29, 0.717) is 0 Å². The molecule has 2 nitrogen and oxygen atoms in total. The Morgan fingerprint density at radius 1 is 1.40 bits per heavy atom. The third-order valence-electron chi connectivity index (χ3n) is 3.24. The molecule has 1 aromatic heterocycles. The van der Waals surface area contributed by atoms with E-state index in [1.165, 1.54) is 29.3 Å². The summed E-state index contributed by atoms with van der Waals surface area (Å²) in [6.45, 7) is 3.30. The molecule has 0 bridgehead atoms. The molecule has 78 valence electrons. The predicted octanol–water partition coefficient (Wildman–Crippen LogP) is 3.01. The minimum atomic E-state index is 0.888. The first-order valence-corrected chi connectivity index (χ1v) is 5.81. The summed E-state index contributed by atoms with van der Waals surface area (Å²) < 4.78 is 2.16. The van der Waals surface area contributed by atoms with Crippen molar-refractivity contribution in [1.29, 1.82) is 0 Å². The van der Waals surface area contributed by atoms with Crippen LogP contribution in [0.2, 0.25) is 0 Å². The molecular weight excluding hydrogens is 184 g/mol. The minimum absolute atomic E-state index is 0.888. The summed E-state index contributed by atoms with van der Waals surface area (Å²) >= 11 is 0. The second-order valence-electron chi connectivity index (χ2n) is 4.52. The number of hydrogen-bond donors (Lipinski definition) is 0. The molecule has 1 aliphatic carbocycles. The zero-order valence-electron chi connectivity index (χ0n) is 9.11. The van der Waals surface area contributed by atoms with Crippen molar-refractivity contribution >= 4 is 10.9 Å². The van der Waals surface area contributed by atoms with E-state index in [1.807, 2.05) is 6.20 Å². The number of hydrogen-bond acceptors (Lipinski definition) is 1. The molecule has 0 atom stereocenters. The third kappa shape index (κ3) is 1.65. The standard InChI is InChI=1S/C13H16N2/c1-2-10-5-6-13-12(7-10)8-14-15(13)9-11-3-4-11/h5-8,11H,2-4,9H2,1H3. The quantitative estimate of drug-likeness (QED) is 0.744. The highest BCUT2D eigenvalue weighted by Crippen LogP contribution is 2.31. The monoisotopic (exact) mass is 200 g/mol. The Bertz CT molecular complexity index is 480. The molecule has 3 rings (SSSR count). The average molecular weight is 200 g/mol. The molecule has 0 radical (unpaired) electrons. The maximum atomic E-state index is 4.47. The van der Waals surface area contributed by atoms with Crippen LogP contribution in [0.3, 0.4) is 0 Å². The summed E-state index contributed by atoms with van der Waals surface area (Å²) in [5.74, 6) is 0.888. The van der Waals surface area contributed by atoms with Gasteiger partial charge >= 0.3 is 0 Å². The number of nitrogens with zero attached hydrogens (tertiary/aromatic N) is 2. The highest BCUT2D eigenvalue weighted by Gasteiger charge is 2.22. The molecule has 0 amide bonds. The van der Waals surface area contributed by atoms with Crippen LogP contribution in [-0.4, -0.2) is 9.78 Å². The van der Waals surface area contributed by atoms with Gasteiger partial charge in [0.15, 0.2) is 0 Å². The van der Waals surface area contributed by atoms with Crippen LogP contribution in [0.4, 0.5) is 0 Å². The fraction of sp³-hybridized carbons (Fsp3) is 0.462. The predicted molar refractivity (Wildman–Crippen MR) is 61.8 cm³/mol. The normalized spacial score (nSPS) is 16.1. The molecule has 0 saturated heterocycles. The molecule has 1 saturated carbocycles. The molecule has 2 aromatic rings. The molecule has 2 heteroatoms. The van der Waals surface area contributed by atoms with E-state index in [0.717, 1.165) is 18.9 Å². The number of aryl methyl sites for hydroxylation is 1. The molecule has 1 fully saturated rings. The second-order valence-corrected chi connectivity index (χ2v) is 4.52. The van der Waals surface area contributed by atoms with Gasteiger partial charge < -0.3 is 0 Å². The van der Waals surface area contributed by atoms with Crippen LogP contribution in [-0.2, 0) is 13.0 Å². The maximum absolute atomic E-state index is 4.47. The largest absolute Gasteiger partial charge is 0.265 e. The van der Waals surface area contributed by atoms with E-state index in [9.17, 15) is 0 Å². The first kappa shape index (κ1) is 8.96. The molecule has 0 spiro atoms. The molecule has 0 N–H and O–H groups in total. The molecule has 15 heavy (non-hydrogen) atoms. The number of aromatic nitrogens is 2. The van der Waals surface area contributed by atoms with E-state index in [1.54, 1.807) is 0 Å². The lowest BCUT2D eigenvalue weighted by Gasteiger charge is -2.02. The summed E-state index contributed by atoms with van der Waals surface area (Å²) in [6.07, 6.45) is 5.86. The zero-order valence-corrected chi connectivity index (χ0v) is 9.11. The fourth-order valence-corrected chi connectivity index (χ4v) is 2.05. The first-order chi connectivity index (χ1) is 7.36.